The van der Waals surface area contributed by atoms with E-state index in [0.29, 0.717) is 16.7 Å². The fraction of sp³-hybridized carbons (Fsp3) is 0.500. The molecule has 0 amide bonds. The van der Waals surface area contributed by atoms with Crippen molar-refractivity contribution in [2.24, 2.45) is 0 Å². The van der Waals surface area contributed by atoms with Crippen LogP contribution in [0.2, 0.25) is 0 Å². The van der Waals surface area contributed by atoms with Crippen molar-refractivity contribution in [1.29, 1.82) is 0 Å². The van der Waals surface area contributed by atoms with Crippen molar-refractivity contribution < 1.29 is 27.4 Å². The molecule has 1 aromatic carbocycles. The third-order valence-electron chi connectivity index (χ3n) is 3.68. The molecule has 2 rings (SSSR count). The van der Waals surface area contributed by atoms with Crippen LogP contribution in [0, 0.1) is 13.8 Å². The van der Waals surface area contributed by atoms with Gasteiger partial charge in [0, 0.05) is 5.56 Å². The third kappa shape index (κ3) is 2.80. The molecular formula is C14H17FO5S. The second-order valence-corrected chi connectivity index (χ2v) is 7.12. The Morgan fingerprint density at radius 2 is 2.14 bits per heavy atom. The number of aromatic carboxylic acids is 1. The van der Waals surface area contributed by atoms with Crippen molar-refractivity contribution in [2.75, 3.05) is 19.0 Å². The Kier molecular flexibility index (Phi) is 4.34. The predicted octanol–water partition coefficient (Wildman–Crippen LogP) is 2.21. The number of benzene rings is 1. The Bertz CT molecular complexity index is 681. The monoisotopic (exact) mass is 316 g/mol. The number of sulfone groups is 1. The minimum Gasteiger partial charge on any atom is -0.478 e. The normalized spacial score (nSPS) is 20.0. The molecule has 1 N–H and O–H groups in total. The van der Waals surface area contributed by atoms with E-state index >= 15 is 0 Å². The average Bonchev–Trinajstić information content (AvgIpc) is 2.40. The van der Waals surface area contributed by atoms with Crippen molar-refractivity contribution >= 4 is 15.8 Å². The summed E-state index contributed by atoms with van der Waals surface area (Å²) in [5.41, 5.74) is 1.18. The Hall–Kier alpha value is -1.47. The molecule has 1 aliphatic rings. The van der Waals surface area contributed by atoms with Crippen molar-refractivity contribution in [1.82, 2.24) is 0 Å². The van der Waals surface area contributed by atoms with Gasteiger partial charge in [0.1, 0.15) is 6.67 Å². The fourth-order valence-electron chi connectivity index (χ4n) is 2.80. The molecule has 1 aromatic rings. The van der Waals surface area contributed by atoms with Crippen LogP contribution in [0.1, 0.15) is 39.6 Å². The quantitative estimate of drug-likeness (QED) is 0.921. The number of carboxylic acids is 1. The lowest BCUT2D eigenvalue weighted by Gasteiger charge is -2.29. The summed E-state index contributed by atoms with van der Waals surface area (Å²) in [6, 6.07) is 1.37. The summed E-state index contributed by atoms with van der Waals surface area (Å²) in [7, 11) is -3.46. The van der Waals surface area contributed by atoms with Crippen molar-refractivity contribution in [3.63, 3.8) is 0 Å². The minimum atomic E-state index is -3.46. The summed E-state index contributed by atoms with van der Waals surface area (Å²) >= 11 is 0. The van der Waals surface area contributed by atoms with Gasteiger partial charge in [-0.15, -0.1) is 0 Å². The number of alkyl halides is 1. The number of carbonyl (C=O) groups is 1. The first-order valence-electron chi connectivity index (χ1n) is 6.57. The van der Waals surface area contributed by atoms with Crippen LogP contribution in [0.15, 0.2) is 11.0 Å². The van der Waals surface area contributed by atoms with Crippen LogP contribution in [-0.4, -0.2) is 38.5 Å². The molecule has 0 bridgehead atoms. The molecule has 5 nitrogen and oxygen atoms in total. The third-order valence-corrected chi connectivity index (χ3v) is 5.62. The maximum absolute atomic E-state index is 12.3. The van der Waals surface area contributed by atoms with E-state index in [1.807, 2.05) is 0 Å². The number of aryl methyl sites for hydroxylation is 1. The number of fused-ring (bicyclic) bond motifs is 1. The molecule has 0 saturated carbocycles. The topological polar surface area (TPSA) is 80.7 Å². The average molecular weight is 316 g/mol. The Morgan fingerprint density at radius 1 is 1.48 bits per heavy atom. The van der Waals surface area contributed by atoms with E-state index in [2.05, 4.69) is 0 Å². The number of halogens is 1. The SMILES string of the molecule is Cc1cc(C(=O)O)c(C)c2c1S(=O)(=O)CCC2OCCF. The van der Waals surface area contributed by atoms with Crippen LogP contribution >= 0.6 is 0 Å². The van der Waals surface area contributed by atoms with Gasteiger partial charge >= 0.3 is 5.97 Å². The second kappa shape index (κ2) is 5.73. The van der Waals surface area contributed by atoms with Gasteiger partial charge in [0.25, 0.3) is 0 Å². The highest BCUT2D eigenvalue weighted by atomic mass is 32.2. The minimum absolute atomic E-state index is 0.0530. The van der Waals surface area contributed by atoms with E-state index < -0.39 is 28.6 Å². The summed E-state index contributed by atoms with van der Waals surface area (Å²) in [6.45, 7) is 2.32. The van der Waals surface area contributed by atoms with Crippen LogP contribution in [0.5, 0.6) is 0 Å². The smallest absolute Gasteiger partial charge is 0.335 e. The van der Waals surface area contributed by atoms with E-state index in [0.717, 1.165) is 0 Å². The summed E-state index contributed by atoms with van der Waals surface area (Å²) in [6.07, 6.45) is -0.379. The maximum Gasteiger partial charge on any atom is 0.335 e. The molecular weight excluding hydrogens is 299 g/mol. The van der Waals surface area contributed by atoms with E-state index in [1.165, 1.54) is 6.07 Å². The van der Waals surface area contributed by atoms with Crippen molar-refractivity contribution in [3.8, 4) is 0 Å². The molecule has 0 spiro atoms. The summed E-state index contributed by atoms with van der Waals surface area (Å²) in [5.74, 6) is -1.20. The van der Waals surface area contributed by atoms with Gasteiger partial charge in [-0.25, -0.2) is 17.6 Å². The van der Waals surface area contributed by atoms with Gasteiger partial charge in [-0.1, -0.05) is 0 Å². The van der Waals surface area contributed by atoms with Gasteiger partial charge in [-0.2, -0.15) is 0 Å². The van der Waals surface area contributed by atoms with Gasteiger partial charge < -0.3 is 9.84 Å². The molecule has 0 aromatic heterocycles. The lowest BCUT2D eigenvalue weighted by molar-refractivity contribution is 0.0378. The van der Waals surface area contributed by atoms with Crippen molar-refractivity contribution in [3.05, 3.63) is 28.3 Å². The zero-order chi connectivity index (χ0) is 15.8. The van der Waals surface area contributed by atoms with Gasteiger partial charge in [0.05, 0.1) is 28.9 Å². The molecule has 1 atom stereocenters. The lowest BCUT2D eigenvalue weighted by atomic mass is 9.94. The Morgan fingerprint density at radius 3 is 2.71 bits per heavy atom. The number of hydrogen-bond donors (Lipinski definition) is 1. The first-order valence-corrected chi connectivity index (χ1v) is 8.22. The Balaban J connectivity index is 2.70. The van der Waals surface area contributed by atoms with Crippen LogP contribution in [-0.2, 0) is 14.6 Å². The highest BCUT2D eigenvalue weighted by molar-refractivity contribution is 7.91. The predicted molar refractivity (Wildman–Crippen MR) is 74.2 cm³/mol. The molecule has 116 valence electrons. The molecule has 1 unspecified atom stereocenters. The molecule has 1 aliphatic heterocycles. The summed E-state index contributed by atoms with van der Waals surface area (Å²) in [5, 5.41) is 9.23. The molecule has 7 heteroatoms. The van der Waals surface area contributed by atoms with Crippen LogP contribution < -0.4 is 0 Å². The van der Waals surface area contributed by atoms with Gasteiger partial charge in [0.2, 0.25) is 0 Å². The highest BCUT2D eigenvalue weighted by Gasteiger charge is 2.35. The molecule has 0 aliphatic carbocycles. The van der Waals surface area contributed by atoms with E-state index in [4.69, 9.17) is 4.74 Å². The van der Waals surface area contributed by atoms with Crippen LogP contribution in [0.4, 0.5) is 4.39 Å². The lowest BCUT2D eigenvalue weighted by Crippen LogP contribution is -2.25. The standard InChI is InChI=1S/C14H17FO5S/c1-8-7-10(14(16)17)9(2)12-11(20-5-4-15)3-6-21(18,19)13(8)12/h7,11H,3-6H2,1-2H3,(H,16,17). The van der Waals surface area contributed by atoms with Gasteiger partial charge in [-0.05, 0) is 37.5 Å². The second-order valence-electron chi connectivity index (χ2n) is 5.07. The van der Waals surface area contributed by atoms with Gasteiger partial charge in [0.15, 0.2) is 9.84 Å². The molecule has 0 fully saturated rings. The molecule has 1 heterocycles. The molecule has 0 radical (unpaired) electrons. The summed E-state index contributed by atoms with van der Waals surface area (Å²) < 4.78 is 42.3. The van der Waals surface area contributed by atoms with Gasteiger partial charge in [-0.3, -0.25) is 0 Å². The number of hydrogen-bond acceptors (Lipinski definition) is 4. The number of carboxylic acid groups (broad SMARTS) is 1. The number of rotatable bonds is 4. The molecule has 0 saturated heterocycles. The fourth-order valence-corrected chi connectivity index (χ4v) is 4.70. The zero-order valence-corrected chi connectivity index (χ0v) is 12.7. The van der Waals surface area contributed by atoms with Crippen LogP contribution in [0.25, 0.3) is 0 Å². The first kappa shape index (κ1) is 15.9. The van der Waals surface area contributed by atoms with Crippen molar-refractivity contribution in [2.45, 2.75) is 31.3 Å². The van der Waals surface area contributed by atoms with Crippen LogP contribution in [0.3, 0.4) is 0 Å². The Labute approximate surface area is 122 Å². The van der Waals surface area contributed by atoms with E-state index in [1.54, 1.807) is 13.8 Å². The largest absolute Gasteiger partial charge is 0.478 e. The highest BCUT2D eigenvalue weighted by Crippen LogP contribution is 2.39. The maximum atomic E-state index is 12.3. The number of ether oxygens (including phenoxy) is 1. The van der Waals surface area contributed by atoms with E-state index in [-0.39, 0.29) is 29.2 Å². The first-order chi connectivity index (χ1) is 9.79. The zero-order valence-electron chi connectivity index (χ0n) is 11.8. The summed E-state index contributed by atoms with van der Waals surface area (Å²) in [4.78, 5) is 11.4. The van der Waals surface area contributed by atoms with E-state index in [9.17, 15) is 22.7 Å². The molecule has 21 heavy (non-hydrogen) atoms.